The number of anilines is 1. The molecule has 0 atom stereocenters. The van der Waals surface area contributed by atoms with E-state index in [1.165, 1.54) is 5.56 Å². The summed E-state index contributed by atoms with van der Waals surface area (Å²) >= 11 is 0. The number of nitrogens with one attached hydrogen (secondary N) is 1. The molecule has 1 amide bonds. The molecule has 0 aliphatic rings. The lowest BCUT2D eigenvalue weighted by Gasteiger charge is -2.10. The predicted molar refractivity (Wildman–Crippen MR) is 98.8 cm³/mol. The van der Waals surface area contributed by atoms with Crippen molar-refractivity contribution in [1.82, 2.24) is 0 Å². The molecular weight excluding hydrogens is 282 g/mol. The van der Waals surface area contributed by atoms with E-state index < -0.39 is 0 Å². The number of unbranched alkanes of at least 4 members (excludes halogenated alkanes) is 1. The summed E-state index contributed by atoms with van der Waals surface area (Å²) in [6.07, 6.45) is 8.52. The van der Waals surface area contributed by atoms with Gasteiger partial charge >= 0.3 is 0 Å². The van der Waals surface area contributed by atoms with Gasteiger partial charge in [-0.25, -0.2) is 0 Å². The normalized spacial score (nSPS) is 10.9. The Bertz CT molecular complexity index is 656. The van der Waals surface area contributed by atoms with Gasteiger partial charge in [0.15, 0.2) is 0 Å². The van der Waals surface area contributed by atoms with Gasteiger partial charge in [0.25, 0.3) is 5.91 Å². The lowest BCUT2D eigenvalue weighted by Crippen LogP contribution is -2.13. The first-order valence-corrected chi connectivity index (χ1v) is 8.40. The number of aryl methyl sites for hydroxylation is 1. The second-order valence-electron chi connectivity index (χ2n) is 5.67. The second-order valence-corrected chi connectivity index (χ2v) is 5.67. The lowest BCUT2D eigenvalue weighted by atomic mass is 10.1. The third kappa shape index (κ3) is 5.10. The summed E-state index contributed by atoms with van der Waals surface area (Å²) < 4.78 is 0. The summed E-state index contributed by atoms with van der Waals surface area (Å²) in [5.74, 6) is -0.0577. The number of benzene rings is 2. The molecule has 120 valence electrons. The molecule has 2 aromatic carbocycles. The van der Waals surface area contributed by atoms with Gasteiger partial charge in [0.2, 0.25) is 0 Å². The van der Waals surface area contributed by atoms with E-state index in [0.29, 0.717) is 5.56 Å². The first-order valence-electron chi connectivity index (χ1n) is 8.40. The third-order valence-corrected chi connectivity index (χ3v) is 3.72. The summed E-state index contributed by atoms with van der Waals surface area (Å²) in [4.78, 5) is 12.4. The molecule has 0 aliphatic carbocycles. The van der Waals surface area contributed by atoms with E-state index in [1.807, 2.05) is 42.5 Å². The molecular formula is C21H25NO. The minimum atomic E-state index is -0.0577. The topological polar surface area (TPSA) is 29.1 Å². The van der Waals surface area contributed by atoms with Crippen LogP contribution in [0.15, 0.2) is 54.6 Å². The Morgan fingerprint density at radius 3 is 2.43 bits per heavy atom. The molecule has 0 saturated carbocycles. The summed E-state index contributed by atoms with van der Waals surface area (Å²) in [5, 5.41) is 3.03. The Kier molecular flexibility index (Phi) is 6.61. The Labute approximate surface area is 139 Å². The fraction of sp³-hybridized carbons (Fsp3) is 0.286. The van der Waals surface area contributed by atoms with Crippen molar-refractivity contribution >= 4 is 17.7 Å². The molecule has 0 bridgehead atoms. The van der Waals surface area contributed by atoms with Gasteiger partial charge < -0.3 is 5.32 Å². The van der Waals surface area contributed by atoms with Gasteiger partial charge in [-0.1, -0.05) is 69.2 Å². The standard InChI is InChI=1S/C21H25NO/c1-3-5-6-10-17-13-15-19(16-14-17)21(23)22-20-12-8-7-11-18(20)9-4-2/h6-8,10-16H,3-5,9H2,1-2H3,(H,22,23). The van der Waals surface area contributed by atoms with Crippen LogP contribution < -0.4 is 5.32 Å². The molecule has 0 radical (unpaired) electrons. The average molecular weight is 307 g/mol. The van der Waals surface area contributed by atoms with Gasteiger partial charge in [0.05, 0.1) is 0 Å². The van der Waals surface area contributed by atoms with Crippen LogP contribution in [0.4, 0.5) is 5.69 Å². The average Bonchev–Trinajstić information content (AvgIpc) is 2.58. The molecule has 1 N–H and O–H groups in total. The molecule has 0 spiro atoms. The summed E-state index contributed by atoms with van der Waals surface area (Å²) in [5.41, 5.74) is 3.90. The Hall–Kier alpha value is -2.35. The molecule has 2 heteroatoms. The maximum Gasteiger partial charge on any atom is 0.255 e. The van der Waals surface area contributed by atoms with E-state index in [2.05, 4.69) is 37.4 Å². The molecule has 0 unspecified atom stereocenters. The van der Waals surface area contributed by atoms with Gasteiger partial charge in [0.1, 0.15) is 0 Å². The van der Waals surface area contributed by atoms with Gasteiger partial charge in [0, 0.05) is 11.3 Å². The quantitative estimate of drug-likeness (QED) is 0.698. The predicted octanol–water partition coefficient (Wildman–Crippen LogP) is 5.70. The van der Waals surface area contributed by atoms with Crippen LogP contribution in [0.2, 0.25) is 0 Å². The Morgan fingerprint density at radius 1 is 1.00 bits per heavy atom. The maximum atomic E-state index is 12.4. The number of hydrogen-bond donors (Lipinski definition) is 1. The van der Waals surface area contributed by atoms with E-state index in [4.69, 9.17) is 0 Å². The number of carbonyl (C=O) groups excluding carboxylic acids is 1. The lowest BCUT2D eigenvalue weighted by molar-refractivity contribution is 0.102. The van der Waals surface area contributed by atoms with Crippen molar-refractivity contribution in [2.24, 2.45) is 0 Å². The molecule has 0 aromatic heterocycles. The summed E-state index contributed by atoms with van der Waals surface area (Å²) in [6.45, 7) is 4.30. The highest BCUT2D eigenvalue weighted by molar-refractivity contribution is 6.04. The largest absolute Gasteiger partial charge is 0.322 e. The monoisotopic (exact) mass is 307 g/mol. The molecule has 2 aromatic rings. The Balaban J connectivity index is 2.06. The highest BCUT2D eigenvalue weighted by Crippen LogP contribution is 2.18. The molecule has 0 saturated heterocycles. The summed E-state index contributed by atoms with van der Waals surface area (Å²) in [7, 11) is 0. The van der Waals surface area contributed by atoms with Crippen LogP contribution in [0.1, 0.15) is 54.6 Å². The maximum absolute atomic E-state index is 12.4. The van der Waals surface area contributed by atoms with Crippen molar-refractivity contribution in [2.75, 3.05) is 5.32 Å². The van der Waals surface area contributed by atoms with Gasteiger partial charge in [-0.15, -0.1) is 0 Å². The fourth-order valence-corrected chi connectivity index (χ4v) is 2.46. The SMILES string of the molecule is CCCC=Cc1ccc(C(=O)Nc2ccccc2CCC)cc1. The van der Waals surface area contributed by atoms with Crippen LogP contribution >= 0.6 is 0 Å². The highest BCUT2D eigenvalue weighted by Gasteiger charge is 2.08. The fourth-order valence-electron chi connectivity index (χ4n) is 2.46. The zero-order valence-electron chi connectivity index (χ0n) is 14.0. The van der Waals surface area contributed by atoms with Crippen molar-refractivity contribution in [3.63, 3.8) is 0 Å². The van der Waals surface area contributed by atoms with Crippen molar-refractivity contribution in [1.29, 1.82) is 0 Å². The molecule has 2 nitrogen and oxygen atoms in total. The van der Waals surface area contributed by atoms with Crippen LogP contribution in [0.3, 0.4) is 0 Å². The van der Waals surface area contributed by atoms with Crippen LogP contribution in [0.25, 0.3) is 6.08 Å². The van der Waals surface area contributed by atoms with Crippen molar-refractivity contribution in [2.45, 2.75) is 39.5 Å². The highest BCUT2D eigenvalue weighted by atomic mass is 16.1. The van der Waals surface area contributed by atoms with Crippen LogP contribution in [0, 0.1) is 0 Å². The molecule has 23 heavy (non-hydrogen) atoms. The smallest absolute Gasteiger partial charge is 0.255 e. The second kappa shape index (κ2) is 8.94. The van der Waals surface area contributed by atoms with Gasteiger partial charge in [-0.05, 0) is 42.2 Å². The number of rotatable bonds is 7. The minimum Gasteiger partial charge on any atom is -0.322 e. The van der Waals surface area contributed by atoms with E-state index in [-0.39, 0.29) is 5.91 Å². The first-order chi connectivity index (χ1) is 11.2. The summed E-state index contributed by atoms with van der Waals surface area (Å²) in [6, 6.07) is 15.7. The zero-order valence-corrected chi connectivity index (χ0v) is 14.0. The van der Waals surface area contributed by atoms with E-state index in [1.54, 1.807) is 0 Å². The number of carbonyl (C=O) groups is 1. The Morgan fingerprint density at radius 2 is 1.74 bits per heavy atom. The van der Waals surface area contributed by atoms with E-state index in [9.17, 15) is 4.79 Å². The van der Waals surface area contributed by atoms with Crippen LogP contribution in [0.5, 0.6) is 0 Å². The number of amides is 1. The van der Waals surface area contributed by atoms with E-state index in [0.717, 1.165) is 36.9 Å². The molecule has 0 heterocycles. The molecule has 0 fully saturated rings. The van der Waals surface area contributed by atoms with E-state index >= 15 is 0 Å². The number of hydrogen-bond acceptors (Lipinski definition) is 1. The van der Waals surface area contributed by atoms with Gasteiger partial charge in [-0.3, -0.25) is 4.79 Å². The first kappa shape index (κ1) is 17.0. The van der Waals surface area contributed by atoms with Crippen LogP contribution in [-0.4, -0.2) is 5.91 Å². The number of allylic oxidation sites excluding steroid dienone is 1. The number of para-hydroxylation sites is 1. The zero-order chi connectivity index (χ0) is 16.5. The molecule has 0 aliphatic heterocycles. The van der Waals surface area contributed by atoms with Gasteiger partial charge in [-0.2, -0.15) is 0 Å². The minimum absolute atomic E-state index is 0.0577. The molecule has 2 rings (SSSR count). The van der Waals surface area contributed by atoms with Crippen molar-refractivity contribution in [3.8, 4) is 0 Å². The van der Waals surface area contributed by atoms with Crippen molar-refractivity contribution < 1.29 is 4.79 Å². The third-order valence-electron chi connectivity index (χ3n) is 3.72. The van der Waals surface area contributed by atoms with Crippen molar-refractivity contribution in [3.05, 3.63) is 71.3 Å². The van der Waals surface area contributed by atoms with Crippen LogP contribution in [-0.2, 0) is 6.42 Å².